The summed E-state index contributed by atoms with van der Waals surface area (Å²) in [5.74, 6) is 0.478. The summed E-state index contributed by atoms with van der Waals surface area (Å²) in [6.07, 6.45) is 1.15. The monoisotopic (exact) mass is 346 g/mol. The average Bonchev–Trinajstić information content (AvgIpc) is 2.92. The number of aliphatic hydroxyl groups is 1. The van der Waals surface area contributed by atoms with Crippen LogP contribution in [0.1, 0.15) is 5.01 Å². The van der Waals surface area contributed by atoms with Crippen molar-refractivity contribution < 1.29 is 9.84 Å². The molecule has 21 heavy (non-hydrogen) atoms. The number of likely N-dealkylation sites (N-methyl/N-ethyl adjacent to an activating group) is 1. The Balaban J connectivity index is 1.79. The van der Waals surface area contributed by atoms with Crippen LogP contribution in [0, 0.1) is 0 Å². The highest BCUT2D eigenvalue weighted by Gasteiger charge is 2.12. The topological polar surface area (TPSA) is 45.6 Å². The molecule has 114 valence electrons. The first-order valence-corrected chi connectivity index (χ1v) is 8.01. The van der Waals surface area contributed by atoms with Crippen molar-refractivity contribution in [2.24, 2.45) is 0 Å². The Labute approximate surface area is 137 Å². The van der Waals surface area contributed by atoms with E-state index >= 15 is 0 Å². The molecule has 0 radical (unpaired) electrons. The maximum Gasteiger partial charge on any atom is 0.139 e. The van der Waals surface area contributed by atoms with Gasteiger partial charge in [0.2, 0.25) is 0 Å². The molecule has 0 aliphatic carbocycles. The second-order valence-electron chi connectivity index (χ2n) is 4.66. The first kappa shape index (κ1) is 16.5. The molecule has 0 fully saturated rings. The molecule has 0 bridgehead atoms. The third-order valence-corrected chi connectivity index (χ3v) is 4.05. The summed E-state index contributed by atoms with van der Waals surface area (Å²) in [5.41, 5.74) is 0. The molecule has 7 heteroatoms. The van der Waals surface area contributed by atoms with E-state index in [1.54, 1.807) is 35.7 Å². The number of thiazole rings is 1. The summed E-state index contributed by atoms with van der Waals surface area (Å²) >= 11 is 13.5. The molecular formula is C14H16Cl2N2O2S. The molecule has 4 nitrogen and oxygen atoms in total. The number of ether oxygens (including phenoxy) is 1. The second-order valence-corrected chi connectivity index (χ2v) is 6.48. The van der Waals surface area contributed by atoms with Crippen LogP contribution in [-0.4, -0.2) is 41.3 Å². The summed E-state index contributed by atoms with van der Waals surface area (Å²) in [4.78, 5) is 6.20. The fourth-order valence-electron chi connectivity index (χ4n) is 1.81. The zero-order valence-electron chi connectivity index (χ0n) is 11.5. The predicted molar refractivity (Wildman–Crippen MR) is 86.4 cm³/mol. The Morgan fingerprint density at radius 3 is 2.95 bits per heavy atom. The fourth-order valence-corrected chi connectivity index (χ4v) is 2.84. The maximum atomic E-state index is 10.0. The molecule has 1 aromatic heterocycles. The van der Waals surface area contributed by atoms with Crippen molar-refractivity contribution in [1.29, 1.82) is 0 Å². The Kier molecular flexibility index (Phi) is 6.26. The first-order valence-electron chi connectivity index (χ1n) is 6.37. The Hall–Kier alpha value is -0.850. The lowest BCUT2D eigenvalue weighted by Gasteiger charge is -2.20. The van der Waals surface area contributed by atoms with Crippen molar-refractivity contribution in [3.05, 3.63) is 44.8 Å². The van der Waals surface area contributed by atoms with Crippen molar-refractivity contribution in [2.75, 3.05) is 20.2 Å². The lowest BCUT2D eigenvalue weighted by atomic mass is 10.3. The molecule has 1 heterocycles. The zero-order valence-corrected chi connectivity index (χ0v) is 13.8. The molecule has 1 atom stereocenters. The molecule has 1 unspecified atom stereocenters. The standard InChI is InChI=1S/C14H16Cl2N2O2S/c1-18(8-14-17-4-5-21-14)7-11(19)9-20-13-6-10(15)2-3-12(13)16/h2-6,11,19H,7-9H2,1H3. The molecule has 0 spiro atoms. The minimum atomic E-state index is -0.620. The van der Waals surface area contributed by atoms with Crippen molar-refractivity contribution >= 4 is 34.5 Å². The van der Waals surface area contributed by atoms with E-state index in [1.165, 1.54) is 0 Å². The number of hydrogen-bond donors (Lipinski definition) is 1. The third kappa shape index (κ3) is 5.45. The summed E-state index contributed by atoms with van der Waals surface area (Å²) in [5, 5.41) is 14.0. The quantitative estimate of drug-likeness (QED) is 0.835. The summed E-state index contributed by atoms with van der Waals surface area (Å²) in [7, 11) is 1.93. The van der Waals surface area contributed by atoms with Gasteiger partial charge in [-0.05, 0) is 19.2 Å². The number of hydrogen-bond acceptors (Lipinski definition) is 5. The highest BCUT2D eigenvalue weighted by atomic mass is 35.5. The van der Waals surface area contributed by atoms with Crippen LogP contribution >= 0.6 is 34.5 Å². The lowest BCUT2D eigenvalue weighted by Crippen LogP contribution is -2.32. The van der Waals surface area contributed by atoms with Crippen LogP contribution in [0.25, 0.3) is 0 Å². The smallest absolute Gasteiger partial charge is 0.139 e. The molecule has 0 aliphatic rings. The van der Waals surface area contributed by atoms with E-state index < -0.39 is 6.10 Å². The summed E-state index contributed by atoms with van der Waals surface area (Å²) in [6.45, 7) is 1.34. The van der Waals surface area contributed by atoms with E-state index in [0.29, 0.717) is 28.9 Å². The van der Waals surface area contributed by atoms with Crippen LogP contribution in [0.3, 0.4) is 0 Å². The normalized spacial score (nSPS) is 12.6. The number of aliphatic hydroxyl groups excluding tert-OH is 1. The van der Waals surface area contributed by atoms with E-state index in [0.717, 1.165) is 5.01 Å². The van der Waals surface area contributed by atoms with Gasteiger partial charge in [-0.25, -0.2) is 4.98 Å². The van der Waals surface area contributed by atoms with E-state index in [1.807, 2.05) is 17.3 Å². The van der Waals surface area contributed by atoms with E-state index in [2.05, 4.69) is 4.98 Å². The van der Waals surface area contributed by atoms with Crippen molar-refractivity contribution in [1.82, 2.24) is 9.88 Å². The highest BCUT2D eigenvalue weighted by molar-refractivity contribution is 7.09. The second kappa shape index (κ2) is 7.96. The van der Waals surface area contributed by atoms with Gasteiger partial charge in [0.05, 0.1) is 11.6 Å². The molecule has 0 saturated carbocycles. The lowest BCUT2D eigenvalue weighted by molar-refractivity contribution is 0.0744. The molecule has 1 aromatic carbocycles. The number of rotatable bonds is 7. The van der Waals surface area contributed by atoms with Crippen LogP contribution in [0.4, 0.5) is 0 Å². The van der Waals surface area contributed by atoms with Gasteiger partial charge in [0.1, 0.15) is 23.5 Å². The molecular weight excluding hydrogens is 331 g/mol. The Morgan fingerprint density at radius 1 is 1.43 bits per heavy atom. The van der Waals surface area contributed by atoms with Gasteiger partial charge in [-0.1, -0.05) is 23.2 Å². The molecule has 0 aliphatic heterocycles. The highest BCUT2D eigenvalue weighted by Crippen LogP contribution is 2.27. The van der Waals surface area contributed by atoms with E-state index in [4.69, 9.17) is 27.9 Å². The molecule has 2 rings (SSSR count). The van der Waals surface area contributed by atoms with Gasteiger partial charge < -0.3 is 9.84 Å². The van der Waals surface area contributed by atoms with Crippen LogP contribution in [0.2, 0.25) is 10.0 Å². The van der Waals surface area contributed by atoms with Gasteiger partial charge in [0, 0.05) is 29.2 Å². The van der Waals surface area contributed by atoms with Crippen LogP contribution in [0.15, 0.2) is 29.8 Å². The molecule has 2 aromatic rings. The number of halogens is 2. The van der Waals surface area contributed by atoms with Gasteiger partial charge in [-0.15, -0.1) is 11.3 Å². The van der Waals surface area contributed by atoms with Gasteiger partial charge in [-0.3, -0.25) is 4.90 Å². The van der Waals surface area contributed by atoms with Crippen LogP contribution in [0.5, 0.6) is 5.75 Å². The van der Waals surface area contributed by atoms with Gasteiger partial charge >= 0.3 is 0 Å². The largest absolute Gasteiger partial charge is 0.489 e. The summed E-state index contributed by atoms with van der Waals surface area (Å²) < 4.78 is 5.51. The number of nitrogens with zero attached hydrogens (tertiary/aromatic N) is 2. The van der Waals surface area contributed by atoms with Gasteiger partial charge in [0.25, 0.3) is 0 Å². The van der Waals surface area contributed by atoms with Crippen molar-refractivity contribution in [3.63, 3.8) is 0 Å². The number of benzene rings is 1. The Morgan fingerprint density at radius 2 is 2.24 bits per heavy atom. The van der Waals surface area contributed by atoms with Crippen LogP contribution in [-0.2, 0) is 6.54 Å². The predicted octanol–water partition coefficient (Wildman–Crippen LogP) is 3.32. The first-order chi connectivity index (χ1) is 10.0. The minimum Gasteiger partial charge on any atom is -0.489 e. The van der Waals surface area contributed by atoms with Crippen molar-refractivity contribution in [3.8, 4) is 5.75 Å². The Bertz CT molecular complexity index is 566. The van der Waals surface area contributed by atoms with E-state index in [9.17, 15) is 5.11 Å². The van der Waals surface area contributed by atoms with Gasteiger partial charge in [0.15, 0.2) is 0 Å². The van der Waals surface area contributed by atoms with E-state index in [-0.39, 0.29) is 6.61 Å². The SMILES string of the molecule is CN(Cc1nccs1)CC(O)COc1cc(Cl)ccc1Cl. The molecule has 0 saturated heterocycles. The fraction of sp³-hybridized carbons (Fsp3) is 0.357. The average molecular weight is 347 g/mol. The molecule has 1 N–H and O–H groups in total. The summed E-state index contributed by atoms with van der Waals surface area (Å²) in [6, 6.07) is 4.99. The minimum absolute atomic E-state index is 0.155. The van der Waals surface area contributed by atoms with Gasteiger partial charge in [-0.2, -0.15) is 0 Å². The molecule has 0 amide bonds. The van der Waals surface area contributed by atoms with Crippen molar-refractivity contribution in [2.45, 2.75) is 12.6 Å². The maximum absolute atomic E-state index is 10.0. The zero-order chi connectivity index (χ0) is 15.2. The third-order valence-electron chi connectivity index (χ3n) is 2.74. The number of aromatic nitrogens is 1. The van der Waals surface area contributed by atoms with Crippen LogP contribution < -0.4 is 4.74 Å².